The number of benzene rings is 1. The first-order valence-electron chi connectivity index (χ1n) is 10.3. The van der Waals surface area contributed by atoms with Crippen molar-refractivity contribution in [3.63, 3.8) is 0 Å². The van der Waals surface area contributed by atoms with Crippen LogP contribution in [0.25, 0.3) is 16.3 Å². The van der Waals surface area contributed by atoms with E-state index in [-0.39, 0.29) is 16.9 Å². The molecule has 0 radical (unpaired) electrons. The molecule has 0 aliphatic carbocycles. The normalized spacial score (nSPS) is 13.0. The Morgan fingerprint density at radius 3 is 2.81 bits per heavy atom. The Morgan fingerprint density at radius 1 is 1.31 bits per heavy atom. The van der Waals surface area contributed by atoms with Crippen LogP contribution in [0.4, 0.5) is 11.4 Å². The molecule has 0 bridgehead atoms. The Hall–Kier alpha value is -2.36. The van der Waals surface area contributed by atoms with Gasteiger partial charge in [0.15, 0.2) is 5.75 Å². The predicted molar refractivity (Wildman–Crippen MR) is 139 cm³/mol. The maximum atomic E-state index is 13.4. The van der Waals surface area contributed by atoms with Crippen LogP contribution < -0.4 is 15.2 Å². The number of thioether (sulfide) groups is 1. The van der Waals surface area contributed by atoms with Gasteiger partial charge in [-0.25, -0.2) is 4.68 Å². The number of anilines is 2. The Balaban J connectivity index is 1.77. The standard InChI is InChI=1S/C23H26N4O2S3/c1-14(2)9-10-27-23(29)20(22(28)21(25-27)18-6-5-11-31-18)17-13-32-19-12-15(26(3)30-4)7-8-16(19)24-17/h5-8,11-14,24,28H,9-10H2,1-4H3. The molecular formula is C23H26N4O2S3. The molecule has 4 rings (SSSR count). The van der Waals surface area contributed by atoms with E-state index < -0.39 is 0 Å². The van der Waals surface area contributed by atoms with E-state index >= 15 is 0 Å². The van der Waals surface area contributed by atoms with Gasteiger partial charge in [-0.1, -0.05) is 43.6 Å². The number of aromatic nitrogens is 2. The molecule has 0 saturated carbocycles. The van der Waals surface area contributed by atoms with Gasteiger partial charge in [0, 0.05) is 35.8 Å². The zero-order valence-electron chi connectivity index (χ0n) is 18.5. The summed E-state index contributed by atoms with van der Waals surface area (Å²) in [5.74, 6) is 0.356. The quantitative estimate of drug-likeness (QED) is 0.400. The van der Waals surface area contributed by atoms with Gasteiger partial charge in [0.1, 0.15) is 11.3 Å². The third-order valence-corrected chi connectivity index (χ3v) is 7.83. The first-order chi connectivity index (χ1) is 15.4. The van der Waals surface area contributed by atoms with E-state index in [2.05, 4.69) is 34.6 Å². The molecule has 0 atom stereocenters. The Kier molecular flexibility index (Phi) is 6.88. The zero-order valence-corrected chi connectivity index (χ0v) is 20.9. The fourth-order valence-corrected chi connectivity index (χ4v) is 5.24. The number of hydrogen-bond donors (Lipinski definition) is 2. The van der Waals surface area contributed by atoms with Crippen LogP contribution in [0.2, 0.25) is 0 Å². The molecule has 2 N–H and O–H groups in total. The maximum absolute atomic E-state index is 13.4. The average Bonchev–Trinajstić information content (AvgIpc) is 3.32. The summed E-state index contributed by atoms with van der Waals surface area (Å²) in [6.45, 7) is 4.74. The predicted octanol–water partition coefficient (Wildman–Crippen LogP) is 5.95. The summed E-state index contributed by atoms with van der Waals surface area (Å²) < 4.78 is 3.58. The molecule has 9 heteroatoms. The van der Waals surface area contributed by atoms with E-state index in [0.29, 0.717) is 23.9 Å². The van der Waals surface area contributed by atoms with Crippen LogP contribution in [0.15, 0.2) is 50.8 Å². The van der Waals surface area contributed by atoms with Crippen LogP contribution in [0.1, 0.15) is 25.8 Å². The van der Waals surface area contributed by atoms with E-state index in [9.17, 15) is 9.90 Å². The van der Waals surface area contributed by atoms with Crippen molar-refractivity contribution in [3.8, 4) is 16.3 Å². The number of nitrogens with one attached hydrogen (secondary N) is 1. The zero-order chi connectivity index (χ0) is 22.8. The Bertz CT molecular complexity index is 1200. The van der Waals surface area contributed by atoms with Gasteiger partial charge in [0.05, 0.1) is 16.3 Å². The largest absolute Gasteiger partial charge is 0.505 e. The van der Waals surface area contributed by atoms with E-state index in [1.54, 1.807) is 23.7 Å². The minimum atomic E-state index is -0.287. The van der Waals surface area contributed by atoms with Gasteiger partial charge >= 0.3 is 0 Å². The van der Waals surface area contributed by atoms with Crippen molar-refractivity contribution in [1.82, 2.24) is 9.78 Å². The molecule has 32 heavy (non-hydrogen) atoms. The molecule has 2 aromatic heterocycles. The van der Waals surface area contributed by atoms with E-state index in [1.807, 2.05) is 48.4 Å². The van der Waals surface area contributed by atoms with E-state index in [1.165, 1.54) is 16.0 Å². The van der Waals surface area contributed by atoms with Crippen LogP contribution in [0.5, 0.6) is 5.75 Å². The van der Waals surface area contributed by atoms with Crippen LogP contribution in [0, 0.1) is 5.92 Å². The van der Waals surface area contributed by atoms with Gasteiger partial charge in [0.2, 0.25) is 0 Å². The van der Waals surface area contributed by atoms with Crippen LogP contribution in [0.3, 0.4) is 0 Å². The van der Waals surface area contributed by atoms with Crippen LogP contribution in [-0.4, -0.2) is 28.2 Å². The highest BCUT2D eigenvalue weighted by atomic mass is 32.2. The molecule has 0 saturated heterocycles. The molecule has 0 unspecified atom stereocenters. The average molecular weight is 487 g/mol. The Morgan fingerprint density at radius 2 is 2.12 bits per heavy atom. The topological polar surface area (TPSA) is 70.4 Å². The van der Waals surface area contributed by atoms with Crippen molar-refractivity contribution in [2.75, 3.05) is 22.9 Å². The van der Waals surface area contributed by atoms with E-state index in [0.717, 1.165) is 27.6 Å². The second kappa shape index (κ2) is 9.64. The third kappa shape index (κ3) is 4.55. The molecule has 0 amide bonds. The molecule has 168 valence electrons. The molecule has 0 spiro atoms. The first kappa shape index (κ1) is 22.8. The SMILES string of the molecule is CSN(C)c1ccc2c(c1)SC=C(c1c(O)c(-c3cccs3)nn(CCC(C)C)c1=O)N2. The number of nitrogens with zero attached hydrogens (tertiary/aromatic N) is 3. The lowest BCUT2D eigenvalue weighted by molar-refractivity contribution is 0.443. The monoisotopic (exact) mass is 486 g/mol. The van der Waals surface area contributed by atoms with Gasteiger partial charge in [-0.15, -0.1) is 11.3 Å². The minimum absolute atomic E-state index is 0.0835. The molecule has 0 fully saturated rings. The third-order valence-electron chi connectivity index (χ3n) is 5.25. The summed E-state index contributed by atoms with van der Waals surface area (Å²) >= 11 is 4.67. The molecule has 1 aliphatic rings. The van der Waals surface area contributed by atoms with Gasteiger partial charge in [-0.05, 0) is 42.0 Å². The second-order valence-corrected chi connectivity index (χ2v) is 10.7. The molecule has 1 aliphatic heterocycles. The molecule has 6 nitrogen and oxygen atoms in total. The van der Waals surface area contributed by atoms with Gasteiger partial charge in [-0.2, -0.15) is 5.10 Å². The number of aryl methyl sites for hydroxylation is 1. The summed E-state index contributed by atoms with van der Waals surface area (Å²) in [4.78, 5) is 15.3. The van der Waals surface area contributed by atoms with E-state index in [4.69, 9.17) is 0 Å². The Labute approximate surface area is 200 Å². The van der Waals surface area contributed by atoms with Crippen LogP contribution in [-0.2, 0) is 6.54 Å². The molecule has 3 aromatic rings. The highest BCUT2D eigenvalue weighted by Crippen LogP contribution is 2.42. The lowest BCUT2D eigenvalue weighted by atomic mass is 10.1. The smallest absolute Gasteiger partial charge is 0.279 e. The number of fused-ring (bicyclic) bond motifs is 1. The van der Waals surface area contributed by atoms with Crippen molar-refractivity contribution >= 4 is 52.1 Å². The first-order valence-corrected chi connectivity index (χ1v) is 13.3. The van der Waals surface area contributed by atoms with Crippen molar-refractivity contribution < 1.29 is 5.11 Å². The van der Waals surface area contributed by atoms with Crippen molar-refractivity contribution in [2.45, 2.75) is 31.7 Å². The summed E-state index contributed by atoms with van der Waals surface area (Å²) in [7, 11) is 2.02. The highest BCUT2D eigenvalue weighted by Gasteiger charge is 2.24. The van der Waals surface area contributed by atoms with Gasteiger partial charge in [0.25, 0.3) is 5.56 Å². The summed E-state index contributed by atoms with van der Waals surface area (Å²) in [6.07, 6.45) is 2.86. The fourth-order valence-electron chi connectivity index (χ4n) is 3.35. The molecular weight excluding hydrogens is 460 g/mol. The second-order valence-electron chi connectivity index (χ2n) is 7.90. The summed E-state index contributed by atoms with van der Waals surface area (Å²) in [5, 5.41) is 22.8. The van der Waals surface area contributed by atoms with Gasteiger partial charge < -0.3 is 14.7 Å². The summed E-state index contributed by atoms with van der Waals surface area (Å²) in [5.41, 5.74) is 3.02. The van der Waals surface area contributed by atoms with Crippen molar-refractivity contribution in [2.24, 2.45) is 5.92 Å². The summed E-state index contributed by atoms with van der Waals surface area (Å²) in [6, 6.07) is 9.98. The molecule has 3 heterocycles. The number of rotatable bonds is 7. The number of hydrogen-bond acceptors (Lipinski definition) is 8. The highest BCUT2D eigenvalue weighted by molar-refractivity contribution is 8.02. The minimum Gasteiger partial charge on any atom is -0.505 e. The van der Waals surface area contributed by atoms with Crippen LogP contribution >= 0.6 is 35.0 Å². The van der Waals surface area contributed by atoms with Crippen molar-refractivity contribution in [3.05, 3.63) is 57.0 Å². The number of aromatic hydroxyl groups is 1. The molecule has 1 aromatic carbocycles. The fraction of sp³-hybridized carbons (Fsp3) is 0.304. The lowest BCUT2D eigenvalue weighted by Crippen LogP contribution is -2.28. The lowest BCUT2D eigenvalue weighted by Gasteiger charge is -2.23. The number of thiophene rings is 1. The maximum Gasteiger partial charge on any atom is 0.279 e. The van der Waals surface area contributed by atoms with Crippen molar-refractivity contribution in [1.29, 1.82) is 0 Å². The van der Waals surface area contributed by atoms with Gasteiger partial charge in [-0.3, -0.25) is 4.79 Å².